The maximum absolute atomic E-state index is 5.11. The number of nitrogens with zero attached hydrogens (tertiary/aromatic N) is 3. The third-order valence-corrected chi connectivity index (χ3v) is 4.24. The largest absolute Gasteiger partial charge is 0.494 e. The van der Waals surface area contributed by atoms with Crippen molar-refractivity contribution in [1.82, 2.24) is 15.3 Å². The van der Waals surface area contributed by atoms with Crippen LogP contribution in [0.25, 0.3) is 0 Å². The first-order valence-electron chi connectivity index (χ1n) is 6.67. The third kappa shape index (κ3) is 1.82. The fraction of sp³-hybridized carbons (Fsp3) is 0.692. The zero-order chi connectivity index (χ0) is 12.5. The van der Waals surface area contributed by atoms with Crippen LogP contribution in [0.4, 0.5) is 5.95 Å². The van der Waals surface area contributed by atoms with E-state index in [1.807, 2.05) is 0 Å². The summed E-state index contributed by atoms with van der Waals surface area (Å²) in [7, 11) is 1.64. The predicted octanol–water partition coefficient (Wildman–Crippen LogP) is 0.919. The van der Waals surface area contributed by atoms with Gasteiger partial charge in [0.15, 0.2) is 5.75 Å². The zero-order valence-corrected chi connectivity index (χ0v) is 11.0. The molecule has 0 aliphatic carbocycles. The minimum atomic E-state index is 0.568. The van der Waals surface area contributed by atoms with Crippen LogP contribution in [0.3, 0.4) is 0 Å². The summed E-state index contributed by atoms with van der Waals surface area (Å²) in [6.45, 7) is 5.59. The van der Waals surface area contributed by atoms with Crippen molar-refractivity contribution in [2.75, 3.05) is 31.6 Å². The zero-order valence-electron chi connectivity index (χ0n) is 11.0. The molecule has 0 spiro atoms. The first kappa shape index (κ1) is 11.7. The van der Waals surface area contributed by atoms with Gasteiger partial charge in [0.1, 0.15) is 0 Å². The van der Waals surface area contributed by atoms with E-state index >= 15 is 0 Å². The van der Waals surface area contributed by atoms with Gasteiger partial charge in [-0.3, -0.25) is 0 Å². The summed E-state index contributed by atoms with van der Waals surface area (Å²) in [6.07, 6.45) is 4.65. The maximum Gasteiger partial charge on any atom is 0.225 e. The van der Waals surface area contributed by atoms with Gasteiger partial charge in [0.05, 0.1) is 19.5 Å². The van der Waals surface area contributed by atoms with Crippen LogP contribution in [0.1, 0.15) is 13.3 Å². The van der Waals surface area contributed by atoms with Gasteiger partial charge < -0.3 is 15.0 Å². The Labute approximate surface area is 108 Å². The minimum Gasteiger partial charge on any atom is -0.494 e. The molecule has 2 aliphatic rings. The molecule has 5 nitrogen and oxygen atoms in total. The Hall–Kier alpha value is -1.36. The quantitative estimate of drug-likeness (QED) is 0.862. The number of hydrogen-bond acceptors (Lipinski definition) is 5. The third-order valence-electron chi connectivity index (χ3n) is 4.24. The van der Waals surface area contributed by atoms with Crippen LogP contribution >= 0.6 is 0 Å². The number of rotatable bonds is 3. The lowest BCUT2D eigenvalue weighted by atomic mass is 9.93. The molecule has 0 saturated carbocycles. The molecule has 1 aromatic heterocycles. The number of methoxy groups -OCH3 is 1. The first-order valence-corrected chi connectivity index (χ1v) is 6.67. The highest BCUT2D eigenvalue weighted by Gasteiger charge is 2.44. The van der Waals surface area contributed by atoms with Gasteiger partial charge >= 0.3 is 0 Å². The van der Waals surface area contributed by atoms with Gasteiger partial charge in [-0.1, -0.05) is 6.92 Å². The summed E-state index contributed by atoms with van der Waals surface area (Å²) in [5, 5.41) is 3.49. The standard InChI is InChI=1S/C13H20N4O/c1-3-12-11-7-14-4-9(11)8-17(12)13-15-5-10(18-2)6-16-13/h5-6,9,11-12,14H,3-4,7-8H2,1-2H3. The average Bonchev–Trinajstić information content (AvgIpc) is 2.98. The van der Waals surface area contributed by atoms with Crippen LogP contribution in [0.2, 0.25) is 0 Å². The number of nitrogens with one attached hydrogen (secondary N) is 1. The molecule has 3 rings (SSSR count). The second-order valence-electron chi connectivity index (χ2n) is 5.13. The van der Waals surface area contributed by atoms with E-state index in [-0.39, 0.29) is 0 Å². The molecule has 3 unspecified atom stereocenters. The van der Waals surface area contributed by atoms with Gasteiger partial charge in [-0.2, -0.15) is 0 Å². The van der Waals surface area contributed by atoms with Crippen LogP contribution in [-0.2, 0) is 0 Å². The second-order valence-corrected chi connectivity index (χ2v) is 5.13. The smallest absolute Gasteiger partial charge is 0.225 e. The Kier molecular flexibility index (Phi) is 3.07. The van der Waals surface area contributed by atoms with Crippen LogP contribution in [0, 0.1) is 11.8 Å². The predicted molar refractivity (Wildman–Crippen MR) is 69.9 cm³/mol. The number of fused-ring (bicyclic) bond motifs is 1. The molecule has 18 heavy (non-hydrogen) atoms. The fourth-order valence-electron chi connectivity index (χ4n) is 3.34. The van der Waals surface area contributed by atoms with Crippen molar-refractivity contribution in [3.63, 3.8) is 0 Å². The molecule has 5 heteroatoms. The topological polar surface area (TPSA) is 50.3 Å². The van der Waals surface area contributed by atoms with Crippen LogP contribution in [-0.4, -0.2) is 42.8 Å². The van der Waals surface area contributed by atoms with Crippen molar-refractivity contribution < 1.29 is 4.74 Å². The van der Waals surface area contributed by atoms with Crippen LogP contribution in [0.5, 0.6) is 5.75 Å². The molecule has 98 valence electrons. The molecule has 2 fully saturated rings. The summed E-state index contributed by atoms with van der Waals surface area (Å²) in [5.74, 6) is 3.06. The Morgan fingerprint density at radius 2 is 2.17 bits per heavy atom. The second kappa shape index (κ2) is 4.72. The fourth-order valence-corrected chi connectivity index (χ4v) is 3.34. The van der Waals surface area contributed by atoms with Gasteiger partial charge in [0.25, 0.3) is 0 Å². The summed E-state index contributed by atoms with van der Waals surface area (Å²) in [4.78, 5) is 11.2. The number of hydrogen-bond donors (Lipinski definition) is 1. The molecule has 3 heterocycles. The average molecular weight is 248 g/mol. The summed E-state index contributed by atoms with van der Waals surface area (Å²) >= 11 is 0. The molecule has 0 radical (unpaired) electrons. The van der Waals surface area contributed by atoms with Gasteiger partial charge in [0, 0.05) is 25.7 Å². The molecule has 0 aromatic carbocycles. The summed E-state index contributed by atoms with van der Waals surface area (Å²) < 4.78 is 5.11. The minimum absolute atomic E-state index is 0.568. The van der Waals surface area contributed by atoms with Crippen molar-refractivity contribution in [3.05, 3.63) is 12.4 Å². The van der Waals surface area contributed by atoms with Crippen molar-refractivity contribution >= 4 is 5.95 Å². The Morgan fingerprint density at radius 3 is 2.83 bits per heavy atom. The number of anilines is 1. The highest BCUT2D eigenvalue weighted by Crippen LogP contribution is 2.36. The monoisotopic (exact) mass is 248 g/mol. The van der Waals surface area contributed by atoms with E-state index in [0.29, 0.717) is 11.8 Å². The van der Waals surface area contributed by atoms with Crippen LogP contribution < -0.4 is 15.0 Å². The van der Waals surface area contributed by atoms with Crippen molar-refractivity contribution in [2.24, 2.45) is 11.8 Å². The maximum atomic E-state index is 5.11. The van der Waals surface area contributed by atoms with E-state index in [4.69, 9.17) is 4.74 Å². The Balaban J connectivity index is 1.82. The lowest BCUT2D eigenvalue weighted by molar-refractivity contribution is 0.410. The number of ether oxygens (including phenoxy) is 1. The molecule has 1 aromatic rings. The summed E-state index contributed by atoms with van der Waals surface area (Å²) in [5.41, 5.74) is 0. The van der Waals surface area contributed by atoms with Crippen molar-refractivity contribution in [3.8, 4) is 5.75 Å². The van der Waals surface area contributed by atoms with Gasteiger partial charge in [-0.15, -0.1) is 0 Å². The van der Waals surface area contributed by atoms with E-state index in [9.17, 15) is 0 Å². The van der Waals surface area contributed by atoms with Crippen molar-refractivity contribution in [1.29, 1.82) is 0 Å². The molecule has 0 bridgehead atoms. The Morgan fingerprint density at radius 1 is 1.39 bits per heavy atom. The highest BCUT2D eigenvalue weighted by atomic mass is 16.5. The normalized spacial score (nSPS) is 30.6. The molecule has 1 N–H and O–H groups in total. The van der Waals surface area contributed by atoms with E-state index in [2.05, 4.69) is 27.1 Å². The number of aromatic nitrogens is 2. The molecular weight excluding hydrogens is 228 g/mol. The molecule has 2 saturated heterocycles. The lowest BCUT2D eigenvalue weighted by Crippen LogP contribution is -2.36. The SMILES string of the molecule is CCC1C2CNCC2CN1c1ncc(OC)cn1. The van der Waals surface area contributed by atoms with Crippen molar-refractivity contribution in [2.45, 2.75) is 19.4 Å². The Bertz CT molecular complexity index is 408. The van der Waals surface area contributed by atoms with Crippen LogP contribution in [0.15, 0.2) is 12.4 Å². The van der Waals surface area contributed by atoms with E-state index < -0.39 is 0 Å². The molecule has 0 amide bonds. The molecule has 3 atom stereocenters. The van der Waals surface area contributed by atoms with E-state index in [1.165, 1.54) is 0 Å². The van der Waals surface area contributed by atoms with Gasteiger partial charge in [-0.05, 0) is 18.3 Å². The van der Waals surface area contributed by atoms with Gasteiger partial charge in [0.2, 0.25) is 5.95 Å². The van der Waals surface area contributed by atoms with E-state index in [1.54, 1.807) is 19.5 Å². The van der Waals surface area contributed by atoms with E-state index in [0.717, 1.165) is 43.8 Å². The van der Waals surface area contributed by atoms with Gasteiger partial charge in [-0.25, -0.2) is 9.97 Å². The molecular formula is C13H20N4O. The highest BCUT2D eigenvalue weighted by molar-refractivity contribution is 5.36. The first-order chi connectivity index (χ1) is 8.83. The lowest BCUT2D eigenvalue weighted by Gasteiger charge is -2.26. The summed E-state index contributed by atoms with van der Waals surface area (Å²) in [6, 6.07) is 0.568. The molecule has 2 aliphatic heterocycles.